The molecule has 0 radical (unpaired) electrons. The summed E-state index contributed by atoms with van der Waals surface area (Å²) in [5, 5.41) is 2.73. The molecular weight excluding hydrogens is 218 g/mol. The van der Waals surface area contributed by atoms with Crippen molar-refractivity contribution in [3.8, 4) is 0 Å². The number of likely N-dealkylation sites (N-methyl/N-ethyl adjacent to an activating group) is 1. The second-order valence-electron chi connectivity index (χ2n) is 5.15. The fraction of sp³-hybridized carbons (Fsp3) is 0.833. The monoisotopic (exact) mass is 243 g/mol. The molecule has 0 aromatic rings. The second kappa shape index (κ2) is 7.27. The Morgan fingerprint density at radius 3 is 2.18 bits per heavy atom. The maximum atomic E-state index is 11.8. The van der Waals surface area contributed by atoms with Gasteiger partial charge < -0.3 is 16.0 Å². The van der Waals surface area contributed by atoms with E-state index in [4.69, 9.17) is 5.73 Å². The minimum atomic E-state index is -0.521. The van der Waals surface area contributed by atoms with Crippen molar-refractivity contribution < 1.29 is 9.59 Å². The highest BCUT2D eigenvalue weighted by atomic mass is 16.2. The number of nitrogens with zero attached hydrogens (tertiary/aromatic N) is 1. The fourth-order valence-electron chi connectivity index (χ4n) is 1.55. The number of amides is 2. The molecule has 0 aliphatic heterocycles. The molecule has 0 saturated heterocycles. The zero-order chi connectivity index (χ0) is 13.6. The molecular formula is C12H25N3O2. The van der Waals surface area contributed by atoms with E-state index >= 15 is 0 Å². The number of hydrogen-bond acceptors (Lipinski definition) is 3. The first-order chi connectivity index (χ1) is 7.73. The Hall–Kier alpha value is -1.10. The molecule has 0 aromatic heterocycles. The van der Waals surface area contributed by atoms with Crippen molar-refractivity contribution in [1.29, 1.82) is 0 Å². The summed E-state index contributed by atoms with van der Waals surface area (Å²) in [6.07, 6.45) is 0.634. The van der Waals surface area contributed by atoms with Gasteiger partial charge >= 0.3 is 0 Å². The molecule has 0 fully saturated rings. The largest absolute Gasteiger partial charge is 0.352 e. The summed E-state index contributed by atoms with van der Waals surface area (Å²) >= 11 is 0. The molecule has 0 saturated carbocycles. The van der Waals surface area contributed by atoms with Crippen LogP contribution >= 0.6 is 0 Å². The topological polar surface area (TPSA) is 75.4 Å². The quantitative estimate of drug-likeness (QED) is 0.706. The van der Waals surface area contributed by atoms with Crippen LogP contribution in [0.25, 0.3) is 0 Å². The van der Waals surface area contributed by atoms with E-state index in [1.807, 2.05) is 27.7 Å². The van der Waals surface area contributed by atoms with Gasteiger partial charge in [0.2, 0.25) is 11.8 Å². The molecule has 0 spiro atoms. The first-order valence-corrected chi connectivity index (χ1v) is 6.04. The van der Waals surface area contributed by atoms with Crippen LogP contribution in [0.2, 0.25) is 0 Å². The van der Waals surface area contributed by atoms with E-state index < -0.39 is 6.04 Å². The van der Waals surface area contributed by atoms with Crippen LogP contribution in [-0.2, 0) is 9.59 Å². The van der Waals surface area contributed by atoms with Crippen molar-refractivity contribution in [3.05, 3.63) is 0 Å². The Labute approximate surface area is 104 Å². The summed E-state index contributed by atoms with van der Waals surface area (Å²) in [5.41, 5.74) is 5.77. The molecule has 2 amide bonds. The molecule has 100 valence electrons. The number of hydrogen-bond donors (Lipinski definition) is 2. The van der Waals surface area contributed by atoms with Crippen LogP contribution in [0.3, 0.4) is 0 Å². The second-order valence-corrected chi connectivity index (χ2v) is 5.15. The molecule has 0 bridgehead atoms. The summed E-state index contributed by atoms with van der Waals surface area (Å²) in [6.45, 7) is 7.84. The molecule has 1 atom stereocenters. The molecule has 0 heterocycles. The third-order valence-electron chi connectivity index (χ3n) is 2.25. The molecule has 0 aliphatic rings. The normalized spacial score (nSPS) is 12.7. The van der Waals surface area contributed by atoms with Gasteiger partial charge in [0.25, 0.3) is 0 Å². The highest BCUT2D eigenvalue weighted by molar-refractivity contribution is 5.87. The molecule has 0 rings (SSSR count). The predicted octanol–water partition coefficient (Wildman–Crippen LogP) is 0.343. The first-order valence-electron chi connectivity index (χ1n) is 6.04. The van der Waals surface area contributed by atoms with Crippen molar-refractivity contribution >= 4 is 11.8 Å². The number of rotatable bonds is 6. The minimum absolute atomic E-state index is 0.0583. The minimum Gasteiger partial charge on any atom is -0.352 e. The van der Waals surface area contributed by atoms with E-state index in [1.54, 1.807) is 7.05 Å². The van der Waals surface area contributed by atoms with Gasteiger partial charge in [-0.25, -0.2) is 0 Å². The number of carbonyl (C=O) groups is 2. The van der Waals surface area contributed by atoms with Crippen molar-refractivity contribution in [2.45, 2.75) is 46.2 Å². The smallest absolute Gasteiger partial charge is 0.239 e. The first kappa shape index (κ1) is 15.9. The molecule has 0 aliphatic carbocycles. The number of nitrogens with one attached hydrogen (secondary N) is 1. The summed E-state index contributed by atoms with van der Waals surface area (Å²) in [6, 6.07) is -0.442. The Morgan fingerprint density at radius 2 is 1.76 bits per heavy atom. The number of carbonyl (C=O) groups excluding carboxylic acids is 2. The van der Waals surface area contributed by atoms with Gasteiger partial charge in [0.05, 0.1) is 12.6 Å². The lowest BCUT2D eigenvalue weighted by molar-refractivity contribution is -0.136. The van der Waals surface area contributed by atoms with Crippen molar-refractivity contribution in [1.82, 2.24) is 10.2 Å². The van der Waals surface area contributed by atoms with Crippen molar-refractivity contribution in [3.63, 3.8) is 0 Å². The van der Waals surface area contributed by atoms with Gasteiger partial charge in [-0.15, -0.1) is 0 Å². The average molecular weight is 243 g/mol. The Kier molecular flexibility index (Phi) is 6.80. The summed E-state index contributed by atoms with van der Waals surface area (Å²) in [5.74, 6) is 0.0250. The predicted molar refractivity (Wildman–Crippen MR) is 68.3 cm³/mol. The lowest BCUT2D eigenvalue weighted by Gasteiger charge is -2.22. The van der Waals surface area contributed by atoms with Crippen LogP contribution in [0.5, 0.6) is 0 Å². The molecule has 17 heavy (non-hydrogen) atoms. The van der Waals surface area contributed by atoms with Gasteiger partial charge in [0, 0.05) is 13.1 Å². The highest BCUT2D eigenvalue weighted by Gasteiger charge is 2.20. The lowest BCUT2D eigenvalue weighted by Crippen LogP contribution is -2.47. The maximum Gasteiger partial charge on any atom is 0.239 e. The Morgan fingerprint density at radius 1 is 1.24 bits per heavy atom. The van der Waals surface area contributed by atoms with Gasteiger partial charge in [-0.1, -0.05) is 13.8 Å². The molecule has 5 nitrogen and oxygen atoms in total. The number of nitrogens with two attached hydrogens (primary N) is 1. The average Bonchev–Trinajstić information content (AvgIpc) is 2.13. The Bertz CT molecular complexity index is 264. The van der Waals surface area contributed by atoms with Gasteiger partial charge in [-0.2, -0.15) is 0 Å². The third-order valence-corrected chi connectivity index (χ3v) is 2.25. The van der Waals surface area contributed by atoms with Gasteiger partial charge in [-0.3, -0.25) is 9.59 Å². The standard InChI is InChI=1S/C12H25N3O2/c1-8(2)6-10(13)12(17)15(5)7-11(16)14-9(3)4/h8-10H,6-7,13H2,1-5H3,(H,14,16)/t10-/m0/s1. The maximum absolute atomic E-state index is 11.8. The highest BCUT2D eigenvalue weighted by Crippen LogP contribution is 2.04. The summed E-state index contributed by atoms with van der Waals surface area (Å²) in [4.78, 5) is 24.7. The molecule has 5 heteroatoms. The SMILES string of the molecule is CC(C)C[C@H](N)C(=O)N(C)CC(=O)NC(C)C. The van der Waals surface area contributed by atoms with Crippen LogP contribution in [-0.4, -0.2) is 42.4 Å². The lowest BCUT2D eigenvalue weighted by atomic mass is 10.0. The zero-order valence-corrected chi connectivity index (χ0v) is 11.5. The molecule has 0 unspecified atom stereocenters. The van der Waals surface area contributed by atoms with Gasteiger partial charge in [0.15, 0.2) is 0 Å². The van der Waals surface area contributed by atoms with E-state index in [0.29, 0.717) is 12.3 Å². The van der Waals surface area contributed by atoms with E-state index in [1.165, 1.54) is 4.90 Å². The van der Waals surface area contributed by atoms with Crippen LogP contribution in [0, 0.1) is 5.92 Å². The van der Waals surface area contributed by atoms with Crippen LogP contribution < -0.4 is 11.1 Å². The zero-order valence-electron chi connectivity index (χ0n) is 11.5. The van der Waals surface area contributed by atoms with E-state index in [0.717, 1.165) is 0 Å². The van der Waals surface area contributed by atoms with Crippen LogP contribution in [0.15, 0.2) is 0 Å². The van der Waals surface area contributed by atoms with E-state index in [9.17, 15) is 9.59 Å². The summed E-state index contributed by atoms with van der Waals surface area (Å²) in [7, 11) is 1.60. The van der Waals surface area contributed by atoms with Crippen LogP contribution in [0.1, 0.15) is 34.1 Å². The molecule has 0 aromatic carbocycles. The fourth-order valence-corrected chi connectivity index (χ4v) is 1.55. The third kappa shape index (κ3) is 6.94. The van der Waals surface area contributed by atoms with Gasteiger partial charge in [0.1, 0.15) is 0 Å². The van der Waals surface area contributed by atoms with E-state index in [2.05, 4.69) is 5.32 Å². The van der Waals surface area contributed by atoms with E-state index in [-0.39, 0.29) is 24.4 Å². The molecule has 3 N–H and O–H groups in total. The Balaban J connectivity index is 4.17. The van der Waals surface area contributed by atoms with Gasteiger partial charge in [-0.05, 0) is 26.2 Å². The summed E-state index contributed by atoms with van der Waals surface area (Å²) < 4.78 is 0. The van der Waals surface area contributed by atoms with Crippen molar-refractivity contribution in [2.24, 2.45) is 11.7 Å². The van der Waals surface area contributed by atoms with Crippen LogP contribution in [0.4, 0.5) is 0 Å². The van der Waals surface area contributed by atoms with Crippen molar-refractivity contribution in [2.75, 3.05) is 13.6 Å².